The summed E-state index contributed by atoms with van der Waals surface area (Å²) in [5.74, 6) is -1.18. The summed E-state index contributed by atoms with van der Waals surface area (Å²) in [6, 6.07) is 3.68. The van der Waals surface area contributed by atoms with Crippen LogP contribution in [0, 0.1) is 3.57 Å². The topological polar surface area (TPSA) is 71.4 Å². The van der Waals surface area contributed by atoms with Crippen LogP contribution >= 0.6 is 33.3 Å². The van der Waals surface area contributed by atoms with Gasteiger partial charge in [-0.3, -0.25) is 0 Å². The molecule has 1 aromatic carbocycles. The van der Waals surface area contributed by atoms with E-state index in [2.05, 4.69) is 0 Å². The molecule has 0 bridgehead atoms. The molecule has 0 spiro atoms. The van der Waals surface area contributed by atoms with E-state index in [0.29, 0.717) is 3.57 Å². The standard InChI is InChI=1S/C7H4ClIO4S/c8-14(12,13)4-1-2-6(9)5(3-4)7(10)11/h1-3H,(H,10,11). The van der Waals surface area contributed by atoms with E-state index in [9.17, 15) is 13.2 Å². The van der Waals surface area contributed by atoms with Crippen LogP contribution in [0.3, 0.4) is 0 Å². The first-order valence-corrected chi connectivity index (χ1v) is 6.68. The monoisotopic (exact) mass is 346 g/mol. The Hall–Kier alpha value is -0.340. The molecule has 0 heterocycles. The molecule has 0 aliphatic heterocycles. The van der Waals surface area contributed by atoms with Gasteiger partial charge in [-0.1, -0.05) is 0 Å². The zero-order valence-corrected chi connectivity index (χ0v) is 10.3. The second-order valence-corrected chi connectivity index (χ2v) is 6.11. The summed E-state index contributed by atoms with van der Waals surface area (Å²) in [6.45, 7) is 0. The molecule has 76 valence electrons. The number of benzene rings is 1. The van der Waals surface area contributed by atoms with E-state index in [1.54, 1.807) is 22.6 Å². The number of aromatic carboxylic acids is 1. The van der Waals surface area contributed by atoms with Gasteiger partial charge in [-0.2, -0.15) is 0 Å². The first-order chi connectivity index (χ1) is 6.32. The summed E-state index contributed by atoms with van der Waals surface area (Å²) in [5.41, 5.74) is -0.0766. The van der Waals surface area contributed by atoms with Gasteiger partial charge in [0.05, 0.1) is 10.5 Å². The molecule has 0 fully saturated rings. The quantitative estimate of drug-likeness (QED) is 0.656. The Morgan fingerprint density at radius 3 is 2.43 bits per heavy atom. The smallest absolute Gasteiger partial charge is 0.336 e. The molecule has 1 aromatic rings. The van der Waals surface area contributed by atoms with Crippen LogP contribution in [0.1, 0.15) is 10.4 Å². The van der Waals surface area contributed by atoms with Crippen molar-refractivity contribution < 1.29 is 18.3 Å². The van der Waals surface area contributed by atoms with Gasteiger partial charge < -0.3 is 5.11 Å². The lowest BCUT2D eigenvalue weighted by Crippen LogP contribution is -2.02. The van der Waals surface area contributed by atoms with Crippen molar-refractivity contribution >= 4 is 48.3 Å². The van der Waals surface area contributed by atoms with E-state index >= 15 is 0 Å². The Labute approximate surface area is 98.4 Å². The zero-order chi connectivity index (χ0) is 10.9. The summed E-state index contributed by atoms with van der Waals surface area (Å²) >= 11 is 1.80. The highest BCUT2D eigenvalue weighted by Gasteiger charge is 2.15. The minimum absolute atomic E-state index is 0.0766. The van der Waals surface area contributed by atoms with E-state index in [-0.39, 0.29) is 10.5 Å². The highest BCUT2D eigenvalue weighted by molar-refractivity contribution is 14.1. The molecule has 7 heteroatoms. The Balaban J connectivity index is 3.42. The number of rotatable bonds is 2. The van der Waals surface area contributed by atoms with Gasteiger partial charge in [-0.15, -0.1) is 0 Å². The highest BCUT2D eigenvalue weighted by atomic mass is 127. The largest absolute Gasteiger partial charge is 0.478 e. The summed E-state index contributed by atoms with van der Waals surface area (Å²) in [4.78, 5) is 10.4. The number of hydrogen-bond donors (Lipinski definition) is 1. The molecule has 0 aliphatic carbocycles. The second-order valence-electron chi connectivity index (χ2n) is 2.38. The fraction of sp³-hybridized carbons (Fsp3) is 0. The van der Waals surface area contributed by atoms with Crippen LogP contribution in [0.5, 0.6) is 0 Å². The molecule has 0 aromatic heterocycles. The number of halogens is 2. The summed E-state index contributed by atoms with van der Waals surface area (Å²) < 4.78 is 22.2. The van der Waals surface area contributed by atoms with Crippen LogP contribution in [0.25, 0.3) is 0 Å². The van der Waals surface area contributed by atoms with Crippen molar-refractivity contribution in [2.75, 3.05) is 0 Å². The number of hydrogen-bond acceptors (Lipinski definition) is 3. The maximum absolute atomic E-state index is 10.9. The maximum Gasteiger partial charge on any atom is 0.336 e. The van der Waals surface area contributed by atoms with Gasteiger partial charge in [0.15, 0.2) is 0 Å². The minimum atomic E-state index is -3.87. The normalized spacial score (nSPS) is 11.3. The Morgan fingerprint density at radius 2 is 2.00 bits per heavy atom. The molecule has 1 rings (SSSR count). The summed E-state index contributed by atoms with van der Waals surface area (Å²) in [5, 5.41) is 8.71. The van der Waals surface area contributed by atoms with E-state index in [1.807, 2.05) is 0 Å². The SMILES string of the molecule is O=C(O)c1cc(S(=O)(=O)Cl)ccc1I. The Bertz CT molecular complexity index is 482. The number of carboxylic acids is 1. The van der Waals surface area contributed by atoms with Gasteiger partial charge in [-0.25, -0.2) is 13.2 Å². The van der Waals surface area contributed by atoms with E-state index < -0.39 is 15.0 Å². The van der Waals surface area contributed by atoms with Crippen LogP contribution < -0.4 is 0 Å². The van der Waals surface area contributed by atoms with E-state index in [1.165, 1.54) is 12.1 Å². The third-order valence-corrected chi connectivity index (χ3v) is 3.74. The third-order valence-electron chi connectivity index (χ3n) is 1.45. The van der Waals surface area contributed by atoms with Crippen LogP contribution in [0.2, 0.25) is 0 Å². The van der Waals surface area contributed by atoms with Crippen molar-refractivity contribution in [3.8, 4) is 0 Å². The number of carboxylic acid groups (broad SMARTS) is 1. The second kappa shape index (κ2) is 4.03. The molecule has 0 unspecified atom stereocenters. The fourth-order valence-corrected chi connectivity index (χ4v) is 2.16. The van der Waals surface area contributed by atoms with E-state index in [4.69, 9.17) is 15.8 Å². The summed E-state index contributed by atoms with van der Waals surface area (Å²) in [6.07, 6.45) is 0. The van der Waals surface area contributed by atoms with Gasteiger partial charge in [0, 0.05) is 14.3 Å². The Kier molecular flexibility index (Phi) is 3.38. The molecule has 0 radical (unpaired) electrons. The van der Waals surface area contributed by atoms with Crippen molar-refractivity contribution in [3.05, 3.63) is 27.3 Å². The predicted molar refractivity (Wildman–Crippen MR) is 59.2 cm³/mol. The van der Waals surface area contributed by atoms with Crippen molar-refractivity contribution in [3.63, 3.8) is 0 Å². The van der Waals surface area contributed by atoms with Crippen LogP contribution in [-0.4, -0.2) is 19.5 Å². The van der Waals surface area contributed by atoms with Gasteiger partial charge in [0.25, 0.3) is 9.05 Å². The van der Waals surface area contributed by atoms with Crippen LogP contribution in [-0.2, 0) is 9.05 Å². The molecule has 4 nitrogen and oxygen atoms in total. The van der Waals surface area contributed by atoms with Gasteiger partial charge >= 0.3 is 5.97 Å². The molecule has 0 atom stereocenters. The predicted octanol–water partition coefficient (Wildman–Crippen LogP) is 1.92. The molecule has 0 saturated carbocycles. The third kappa shape index (κ3) is 2.58. The average molecular weight is 347 g/mol. The zero-order valence-electron chi connectivity index (χ0n) is 6.57. The molecule has 0 amide bonds. The number of carbonyl (C=O) groups is 1. The van der Waals surface area contributed by atoms with Crippen molar-refractivity contribution in [2.45, 2.75) is 4.90 Å². The lowest BCUT2D eigenvalue weighted by molar-refractivity contribution is 0.0695. The van der Waals surface area contributed by atoms with Crippen molar-refractivity contribution in [2.24, 2.45) is 0 Å². The van der Waals surface area contributed by atoms with Gasteiger partial charge in [0.2, 0.25) is 0 Å². The van der Waals surface area contributed by atoms with Crippen molar-refractivity contribution in [1.29, 1.82) is 0 Å². The lowest BCUT2D eigenvalue weighted by atomic mass is 10.2. The molecular formula is C7H4ClIO4S. The van der Waals surface area contributed by atoms with Crippen LogP contribution in [0.15, 0.2) is 23.1 Å². The molecule has 14 heavy (non-hydrogen) atoms. The molecule has 0 saturated heterocycles. The van der Waals surface area contributed by atoms with E-state index in [0.717, 1.165) is 6.07 Å². The first-order valence-electron chi connectivity index (χ1n) is 3.30. The molecule has 1 N–H and O–H groups in total. The molecule has 0 aliphatic rings. The molecular weight excluding hydrogens is 342 g/mol. The summed E-state index contributed by atoms with van der Waals surface area (Å²) in [7, 11) is 1.19. The van der Waals surface area contributed by atoms with Crippen molar-refractivity contribution in [1.82, 2.24) is 0 Å². The first kappa shape index (κ1) is 11.7. The Morgan fingerprint density at radius 1 is 1.43 bits per heavy atom. The van der Waals surface area contributed by atoms with Crippen LogP contribution in [0.4, 0.5) is 0 Å². The minimum Gasteiger partial charge on any atom is -0.478 e. The average Bonchev–Trinajstić information content (AvgIpc) is 2.02. The maximum atomic E-state index is 10.9. The van der Waals surface area contributed by atoms with Gasteiger partial charge in [-0.05, 0) is 40.8 Å². The fourth-order valence-electron chi connectivity index (χ4n) is 0.820. The highest BCUT2D eigenvalue weighted by Crippen LogP contribution is 2.20. The van der Waals surface area contributed by atoms with Gasteiger partial charge in [0.1, 0.15) is 0 Å². The lowest BCUT2D eigenvalue weighted by Gasteiger charge is -2.00.